The number of guanidine groups is 1. The van der Waals surface area contributed by atoms with Gasteiger partial charge in [-0.25, -0.2) is 8.42 Å². The van der Waals surface area contributed by atoms with E-state index in [0.29, 0.717) is 23.8 Å². The van der Waals surface area contributed by atoms with Crippen LogP contribution in [0.1, 0.15) is 4.88 Å². The second-order valence-electron chi connectivity index (χ2n) is 6.91. The fourth-order valence-corrected chi connectivity index (χ4v) is 4.56. The number of halogens is 1. The lowest BCUT2D eigenvalue weighted by molar-refractivity contribution is 0.173. The number of piperazine rings is 1. The Morgan fingerprint density at radius 1 is 1.17 bits per heavy atom. The van der Waals surface area contributed by atoms with E-state index in [2.05, 4.69) is 37.6 Å². The molecule has 2 heterocycles. The van der Waals surface area contributed by atoms with Crippen LogP contribution in [0, 0.1) is 0 Å². The van der Waals surface area contributed by atoms with E-state index in [1.807, 2.05) is 0 Å². The molecule has 30 heavy (non-hydrogen) atoms. The molecule has 1 aromatic heterocycles. The van der Waals surface area contributed by atoms with E-state index >= 15 is 0 Å². The molecule has 0 spiro atoms. The van der Waals surface area contributed by atoms with Crippen LogP contribution in [-0.2, 0) is 16.4 Å². The van der Waals surface area contributed by atoms with Crippen molar-refractivity contribution < 1.29 is 13.2 Å². The number of benzene rings is 1. The first-order valence-electron chi connectivity index (χ1n) is 9.59. The summed E-state index contributed by atoms with van der Waals surface area (Å²) in [6, 6.07) is 10.8. The highest BCUT2D eigenvalue weighted by Crippen LogP contribution is 2.16. The van der Waals surface area contributed by atoms with Gasteiger partial charge >= 0.3 is 0 Å². The first-order chi connectivity index (χ1) is 14.0. The molecule has 2 aromatic rings. The maximum absolute atomic E-state index is 11.5. The fraction of sp³-hybridized carbons (Fsp3) is 0.450. The van der Waals surface area contributed by atoms with Crippen LogP contribution in [0.5, 0.6) is 5.75 Å². The highest BCUT2D eigenvalue weighted by atomic mass is 127. The quantitative estimate of drug-likeness (QED) is 0.241. The van der Waals surface area contributed by atoms with Gasteiger partial charge in [0.05, 0.1) is 11.4 Å². The third kappa shape index (κ3) is 7.40. The van der Waals surface area contributed by atoms with E-state index in [1.54, 1.807) is 42.6 Å². The molecule has 0 unspecified atom stereocenters. The third-order valence-electron chi connectivity index (χ3n) is 4.75. The van der Waals surface area contributed by atoms with Crippen LogP contribution in [0.2, 0.25) is 0 Å². The van der Waals surface area contributed by atoms with Gasteiger partial charge in [0.15, 0.2) is 15.8 Å². The number of thiophene rings is 1. The molecule has 1 aromatic carbocycles. The maximum Gasteiger partial charge on any atom is 0.193 e. The zero-order chi connectivity index (χ0) is 20.7. The molecule has 1 fully saturated rings. The SMILES string of the molecule is CN=C(NCCOc1ccc(S(C)(=O)=O)cc1)N1CCN(Cc2cccs2)CC1.I. The molecule has 10 heteroatoms. The Bertz CT molecular complexity index is 895. The van der Waals surface area contributed by atoms with Crippen LogP contribution in [0.4, 0.5) is 0 Å². The molecule has 1 aliphatic heterocycles. The number of aliphatic imine (C=N–C) groups is 1. The lowest BCUT2D eigenvalue weighted by Gasteiger charge is -2.36. The van der Waals surface area contributed by atoms with Crippen LogP contribution in [-0.4, -0.2) is 76.8 Å². The second kappa shape index (κ2) is 11.9. The molecular formula is C20H29IN4O3S2. The van der Waals surface area contributed by atoms with E-state index < -0.39 is 9.84 Å². The molecule has 1 N–H and O–H groups in total. The Morgan fingerprint density at radius 2 is 1.87 bits per heavy atom. The van der Waals surface area contributed by atoms with Gasteiger partial charge < -0.3 is 15.0 Å². The topological polar surface area (TPSA) is 74.2 Å². The summed E-state index contributed by atoms with van der Waals surface area (Å²) in [6.07, 6.45) is 1.19. The van der Waals surface area contributed by atoms with Crippen LogP contribution in [0.25, 0.3) is 0 Å². The monoisotopic (exact) mass is 564 g/mol. The van der Waals surface area contributed by atoms with E-state index in [4.69, 9.17) is 4.74 Å². The molecule has 7 nitrogen and oxygen atoms in total. The van der Waals surface area contributed by atoms with Gasteiger partial charge in [-0.05, 0) is 35.7 Å². The number of ether oxygens (including phenoxy) is 1. The van der Waals surface area contributed by atoms with Gasteiger partial charge in [0.2, 0.25) is 0 Å². The Balaban J connectivity index is 0.00000320. The van der Waals surface area contributed by atoms with Crippen molar-refractivity contribution in [2.24, 2.45) is 4.99 Å². The van der Waals surface area contributed by atoms with Crippen molar-refractivity contribution in [3.63, 3.8) is 0 Å². The molecule has 0 amide bonds. The standard InChI is InChI=1S/C20H28N4O3S2.HI/c1-21-20(24-12-10-23(11-13-24)16-18-4-3-15-28-18)22-9-14-27-17-5-7-19(8-6-17)29(2,25)26;/h3-8,15H,9-14,16H2,1-2H3,(H,21,22);1H. The number of nitrogens with one attached hydrogen (secondary N) is 1. The van der Waals surface area contributed by atoms with Crippen LogP contribution in [0.3, 0.4) is 0 Å². The summed E-state index contributed by atoms with van der Waals surface area (Å²) in [7, 11) is -1.39. The lowest BCUT2D eigenvalue weighted by Crippen LogP contribution is -2.52. The summed E-state index contributed by atoms with van der Waals surface area (Å²) >= 11 is 1.81. The first-order valence-corrected chi connectivity index (χ1v) is 12.4. The van der Waals surface area contributed by atoms with Crippen molar-refractivity contribution in [2.75, 3.05) is 52.6 Å². The zero-order valence-electron chi connectivity index (χ0n) is 17.3. The Kier molecular flexibility index (Phi) is 9.85. The average molecular weight is 565 g/mol. The maximum atomic E-state index is 11.5. The van der Waals surface area contributed by atoms with Crippen molar-refractivity contribution in [3.8, 4) is 5.75 Å². The van der Waals surface area contributed by atoms with Crippen molar-refractivity contribution >= 4 is 51.1 Å². The Hall–Kier alpha value is -1.37. The second-order valence-corrected chi connectivity index (χ2v) is 9.96. The summed E-state index contributed by atoms with van der Waals surface area (Å²) in [5, 5.41) is 5.47. The summed E-state index contributed by atoms with van der Waals surface area (Å²) in [5.41, 5.74) is 0. The lowest BCUT2D eigenvalue weighted by atomic mass is 10.3. The Labute approximate surface area is 200 Å². The summed E-state index contributed by atoms with van der Waals surface area (Å²) in [6.45, 7) is 6.02. The van der Waals surface area contributed by atoms with Gasteiger partial charge in [0, 0.05) is 50.9 Å². The molecule has 1 saturated heterocycles. The molecule has 166 valence electrons. The predicted octanol–water partition coefficient (Wildman–Crippen LogP) is 2.54. The fourth-order valence-electron chi connectivity index (χ4n) is 3.19. The summed E-state index contributed by atoms with van der Waals surface area (Å²) in [4.78, 5) is 10.8. The third-order valence-corrected chi connectivity index (χ3v) is 6.74. The minimum Gasteiger partial charge on any atom is -0.492 e. The number of hydrogen-bond donors (Lipinski definition) is 1. The number of rotatable bonds is 7. The molecule has 3 rings (SSSR count). The molecule has 0 atom stereocenters. The molecule has 0 saturated carbocycles. The minimum absolute atomic E-state index is 0. The average Bonchev–Trinajstić information content (AvgIpc) is 3.22. The van der Waals surface area contributed by atoms with Crippen molar-refractivity contribution in [1.82, 2.24) is 15.1 Å². The van der Waals surface area contributed by atoms with Gasteiger partial charge in [-0.2, -0.15) is 0 Å². The molecule has 1 aliphatic rings. The number of sulfone groups is 1. The smallest absolute Gasteiger partial charge is 0.193 e. The molecular weight excluding hydrogens is 535 g/mol. The number of hydrogen-bond acceptors (Lipinski definition) is 6. The van der Waals surface area contributed by atoms with Gasteiger partial charge in [-0.15, -0.1) is 35.3 Å². The van der Waals surface area contributed by atoms with Gasteiger partial charge in [0.1, 0.15) is 12.4 Å². The normalized spacial score (nSPS) is 15.5. The Morgan fingerprint density at radius 3 is 2.43 bits per heavy atom. The minimum atomic E-state index is -3.18. The van der Waals surface area contributed by atoms with Gasteiger partial charge in [0.25, 0.3) is 0 Å². The molecule has 0 radical (unpaired) electrons. The molecule has 0 aliphatic carbocycles. The van der Waals surface area contributed by atoms with E-state index in [9.17, 15) is 8.42 Å². The predicted molar refractivity (Wildman–Crippen MR) is 133 cm³/mol. The van der Waals surface area contributed by atoms with E-state index in [0.717, 1.165) is 38.7 Å². The largest absolute Gasteiger partial charge is 0.492 e. The van der Waals surface area contributed by atoms with Crippen molar-refractivity contribution in [2.45, 2.75) is 11.4 Å². The van der Waals surface area contributed by atoms with E-state index in [1.165, 1.54) is 11.1 Å². The molecule has 0 bridgehead atoms. The van der Waals surface area contributed by atoms with E-state index in [-0.39, 0.29) is 24.0 Å². The van der Waals surface area contributed by atoms with Crippen molar-refractivity contribution in [1.29, 1.82) is 0 Å². The van der Waals surface area contributed by atoms with Gasteiger partial charge in [-0.3, -0.25) is 9.89 Å². The van der Waals surface area contributed by atoms with Crippen LogP contribution in [0.15, 0.2) is 51.7 Å². The highest BCUT2D eigenvalue weighted by molar-refractivity contribution is 14.0. The zero-order valence-corrected chi connectivity index (χ0v) is 21.2. The number of nitrogens with zero attached hydrogens (tertiary/aromatic N) is 3. The summed E-state index contributed by atoms with van der Waals surface area (Å²) in [5.74, 6) is 1.54. The highest BCUT2D eigenvalue weighted by Gasteiger charge is 2.19. The van der Waals surface area contributed by atoms with Crippen LogP contribution < -0.4 is 10.1 Å². The van der Waals surface area contributed by atoms with Crippen molar-refractivity contribution in [3.05, 3.63) is 46.7 Å². The van der Waals surface area contributed by atoms with Gasteiger partial charge in [-0.1, -0.05) is 6.07 Å². The first kappa shape index (κ1) is 24.9. The van der Waals surface area contributed by atoms with Crippen LogP contribution >= 0.6 is 35.3 Å². The summed E-state index contributed by atoms with van der Waals surface area (Å²) < 4.78 is 28.7.